The van der Waals surface area contributed by atoms with Crippen molar-refractivity contribution in [3.05, 3.63) is 40.0 Å². The standard InChI is InChI=1S/C24H29ClN4O2S/c1-22(2)11-18-19(32(22)31)20(28-24(14-30)6-3-7-24)27-21(26-18)29-12-23(13-29)9-15-4-5-17(25)8-16(15)10-23/h4-5,8,30H,3,6-7,9-14H2,1-2H3,(H,26,27,28). The summed E-state index contributed by atoms with van der Waals surface area (Å²) in [6.07, 6.45) is 5.68. The molecule has 0 bridgehead atoms. The second-order valence-corrected chi connectivity index (χ2v) is 13.4. The number of nitrogens with one attached hydrogen (secondary N) is 1. The van der Waals surface area contributed by atoms with Gasteiger partial charge < -0.3 is 15.3 Å². The highest BCUT2D eigenvalue weighted by atomic mass is 35.5. The first kappa shape index (κ1) is 20.9. The molecule has 0 amide bonds. The van der Waals surface area contributed by atoms with Crippen LogP contribution in [0.1, 0.15) is 49.9 Å². The van der Waals surface area contributed by atoms with Crippen molar-refractivity contribution in [2.24, 2.45) is 5.41 Å². The van der Waals surface area contributed by atoms with E-state index in [-0.39, 0.29) is 22.3 Å². The Hall–Kier alpha value is -1.70. The minimum absolute atomic E-state index is 0.0603. The number of aliphatic hydroxyl groups excluding tert-OH is 1. The molecule has 1 saturated heterocycles. The lowest BCUT2D eigenvalue weighted by Crippen LogP contribution is -2.58. The number of halogens is 1. The molecule has 1 saturated carbocycles. The van der Waals surface area contributed by atoms with E-state index in [1.54, 1.807) is 0 Å². The second-order valence-electron chi connectivity index (χ2n) is 10.9. The van der Waals surface area contributed by atoms with Crippen molar-refractivity contribution >= 4 is 34.2 Å². The minimum atomic E-state index is -1.18. The summed E-state index contributed by atoms with van der Waals surface area (Å²) in [5.74, 6) is 1.37. The lowest BCUT2D eigenvalue weighted by atomic mass is 9.77. The fourth-order valence-electron chi connectivity index (χ4n) is 5.88. The third-order valence-electron chi connectivity index (χ3n) is 7.84. The average molecular weight is 473 g/mol. The van der Waals surface area contributed by atoms with Crippen LogP contribution < -0.4 is 10.2 Å². The lowest BCUT2D eigenvalue weighted by Gasteiger charge is -2.48. The molecule has 6 rings (SSSR count). The Balaban J connectivity index is 1.30. The van der Waals surface area contributed by atoms with Crippen molar-refractivity contribution in [2.75, 3.05) is 29.9 Å². The molecule has 4 aliphatic rings. The van der Waals surface area contributed by atoms with Gasteiger partial charge in [0.15, 0.2) is 0 Å². The van der Waals surface area contributed by atoms with Crippen LogP contribution in [-0.4, -0.2) is 49.3 Å². The monoisotopic (exact) mass is 472 g/mol. The van der Waals surface area contributed by atoms with Gasteiger partial charge in [0.05, 0.1) is 33.4 Å². The van der Waals surface area contributed by atoms with Gasteiger partial charge in [-0.15, -0.1) is 0 Å². The molecular weight excluding hydrogens is 444 g/mol. The van der Waals surface area contributed by atoms with Crippen LogP contribution in [-0.2, 0) is 30.1 Å². The summed E-state index contributed by atoms with van der Waals surface area (Å²) < 4.78 is 12.9. The molecule has 2 fully saturated rings. The summed E-state index contributed by atoms with van der Waals surface area (Å²) in [4.78, 5) is 12.8. The van der Waals surface area contributed by atoms with Gasteiger partial charge in [-0.25, -0.2) is 4.98 Å². The molecule has 2 N–H and O–H groups in total. The lowest BCUT2D eigenvalue weighted by molar-refractivity contribution is 0.143. The van der Waals surface area contributed by atoms with Crippen molar-refractivity contribution in [2.45, 2.75) is 67.6 Å². The van der Waals surface area contributed by atoms with Crippen molar-refractivity contribution in [1.82, 2.24) is 9.97 Å². The quantitative estimate of drug-likeness (QED) is 0.709. The molecular formula is C24H29ClN4O2S. The Bertz CT molecular complexity index is 1140. The molecule has 6 nitrogen and oxygen atoms in total. The Morgan fingerprint density at radius 2 is 1.91 bits per heavy atom. The maximum atomic E-state index is 13.2. The predicted molar refractivity (Wildman–Crippen MR) is 127 cm³/mol. The molecule has 2 aliphatic heterocycles. The molecule has 8 heteroatoms. The molecule has 3 heterocycles. The number of anilines is 2. The van der Waals surface area contributed by atoms with Crippen molar-refractivity contribution in [3.8, 4) is 0 Å². The molecule has 1 aromatic carbocycles. The van der Waals surface area contributed by atoms with E-state index in [4.69, 9.17) is 21.6 Å². The second kappa shape index (κ2) is 6.90. The molecule has 1 atom stereocenters. The van der Waals surface area contributed by atoms with Crippen LogP contribution in [0.5, 0.6) is 0 Å². The van der Waals surface area contributed by atoms with Gasteiger partial charge in [-0.1, -0.05) is 17.7 Å². The summed E-state index contributed by atoms with van der Waals surface area (Å²) in [7, 11) is -1.18. The van der Waals surface area contributed by atoms with Gasteiger partial charge >= 0.3 is 0 Å². The normalized spacial score (nSPS) is 25.8. The number of hydrogen-bond acceptors (Lipinski definition) is 6. The van der Waals surface area contributed by atoms with Gasteiger partial charge in [0.25, 0.3) is 0 Å². The third-order valence-corrected chi connectivity index (χ3v) is 10.0. The first-order valence-electron chi connectivity index (χ1n) is 11.5. The van der Waals surface area contributed by atoms with E-state index >= 15 is 0 Å². The summed E-state index contributed by atoms with van der Waals surface area (Å²) in [5.41, 5.74) is 3.53. The van der Waals surface area contributed by atoms with E-state index in [0.29, 0.717) is 18.2 Å². The highest BCUT2D eigenvalue weighted by Crippen LogP contribution is 2.47. The molecule has 170 valence electrons. The van der Waals surface area contributed by atoms with E-state index in [2.05, 4.69) is 22.3 Å². The molecule has 2 aromatic rings. The minimum Gasteiger partial charge on any atom is -0.394 e. The van der Waals surface area contributed by atoms with E-state index in [1.807, 2.05) is 19.9 Å². The Morgan fingerprint density at radius 3 is 2.59 bits per heavy atom. The first-order chi connectivity index (χ1) is 15.2. The van der Waals surface area contributed by atoms with Crippen LogP contribution in [0.3, 0.4) is 0 Å². The Labute approximate surface area is 196 Å². The van der Waals surface area contributed by atoms with Crippen LogP contribution in [0.15, 0.2) is 23.1 Å². The molecule has 32 heavy (non-hydrogen) atoms. The zero-order valence-corrected chi connectivity index (χ0v) is 20.2. The van der Waals surface area contributed by atoms with Crippen LogP contribution in [0.2, 0.25) is 5.02 Å². The van der Waals surface area contributed by atoms with Gasteiger partial charge in [0.1, 0.15) is 10.7 Å². The fourth-order valence-corrected chi connectivity index (χ4v) is 7.50. The van der Waals surface area contributed by atoms with E-state index in [0.717, 1.165) is 60.8 Å². The number of aliphatic hydroxyl groups is 1. The van der Waals surface area contributed by atoms with Crippen LogP contribution in [0.4, 0.5) is 11.8 Å². The largest absolute Gasteiger partial charge is 0.394 e. The van der Waals surface area contributed by atoms with Crippen LogP contribution in [0.25, 0.3) is 0 Å². The third kappa shape index (κ3) is 3.11. The molecule has 2 aliphatic carbocycles. The van der Waals surface area contributed by atoms with E-state index in [9.17, 15) is 9.32 Å². The maximum Gasteiger partial charge on any atom is 0.227 e. The van der Waals surface area contributed by atoms with Gasteiger partial charge in [-0.3, -0.25) is 4.21 Å². The zero-order chi connectivity index (χ0) is 22.3. The zero-order valence-electron chi connectivity index (χ0n) is 18.6. The van der Waals surface area contributed by atoms with E-state index in [1.165, 1.54) is 11.1 Å². The molecule has 0 radical (unpaired) electrons. The van der Waals surface area contributed by atoms with Crippen LogP contribution in [0, 0.1) is 5.41 Å². The van der Waals surface area contributed by atoms with Gasteiger partial charge in [-0.2, -0.15) is 4.98 Å². The highest BCUT2D eigenvalue weighted by Gasteiger charge is 2.49. The highest BCUT2D eigenvalue weighted by molar-refractivity contribution is 7.87. The topological polar surface area (TPSA) is 78.3 Å². The van der Waals surface area contributed by atoms with Gasteiger partial charge in [0, 0.05) is 29.9 Å². The van der Waals surface area contributed by atoms with E-state index < -0.39 is 10.8 Å². The fraction of sp³-hybridized carbons (Fsp3) is 0.583. The van der Waals surface area contributed by atoms with Gasteiger partial charge in [-0.05, 0) is 69.2 Å². The van der Waals surface area contributed by atoms with Gasteiger partial charge in [0.2, 0.25) is 5.95 Å². The summed E-state index contributed by atoms with van der Waals surface area (Å²) in [5, 5.41) is 14.3. The molecule has 1 spiro atoms. The Kier molecular flexibility index (Phi) is 4.50. The van der Waals surface area contributed by atoms with Crippen molar-refractivity contribution < 1.29 is 9.32 Å². The molecule has 1 aromatic heterocycles. The maximum absolute atomic E-state index is 13.2. The number of fused-ring (bicyclic) bond motifs is 2. The van der Waals surface area contributed by atoms with Crippen LogP contribution >= 0.6 is 11.6 Å². The smallest absolute Gasteiger partial charge is 0.227 e. The summed E-state index contributed by atoms with van der Waals surface area (Å²) in [6, 6.07) is 6.25. The SMILES string of the molecule is CC1(C)Cc2nc(N3CC4(Cc5ccc(Cl)cc5C4)C3)nc(NC3(CO)CCC3)c2S1=O. The average Bonchev–Trinajstić information content (AvgIpc) is 3.18. The summed E-state index contributed by atoms with van der Waals surface area (Å²) >= 11 is 6.21. The molecule has 1 unspecified atom stereocenters. The van der Waals surface area contributed by atoms with Crippen molar-refractivity contribution in [1.29, 1.82) is 0 Å². The number of aromatic nitrogens is 2. The van der Waals surface area contributed by atoms with Crippen molar-refractivity contribution in [3.63, 3.8) is 0 Å². The summed E-state index contributed by atoms with van der Waals surface area (Å²) in [6.45, 7) is 5.94. The number of hydrogen-bond donors (Lipinski definition) is 2. The number of benzene rings is 1. The number of nitrogens with zero attached hydrogens (tertiary/aromatic N) is 3. The Morgan fingerprint density at radius 1 is 1.16 bits per heavy atom. The first-order valence-corrected chi connectivity index (χ1v) is 13.0. The predicted octanol–water partition coefficient (Wildman–Crippen LogP) is 3.50. The number of rotatable bonds is 4.